The molecular weight excluding hydrogens is 532 g/mol. The summed E-state index contributed by atoms with van der Waals surface area (Å²) in [6.45, 7) is 0.547. The van der Waals surface area contributed by atoms with Crippen LogP contribution in [0.2, 0.25) is 0 Å². The molecule has 0 spiro atoms. The molecule has 0 radical (unpaired) electrons. The second-order valence-electron chi connectivity index (χ2n) is 10.7. The van der Waals surface area contributed by atoms with Gasteiger partial charge in [-0.25, -0.2) is 9.59 Å². The number of nitrogens with one attached hydrogen (secondary N) is 1. The number of carbonyl (C=O) groups is 4. The summed E-state index contributed by atoms with van der Waals surface area (Å²) in [4.78, 5) is 55.4. The molecule has 1 aliphatic heterocycles. The molecule has 208 valence electrons. The van der Waals surface area contributed by atoms with Gasteiger partial charge in [-0.2, -0.15) is 0 Å². The Morgan fingerprint density at radius 2 is 1.29 bits per heavy atom. The van der Waals surface area contributed by atoms with E-state index < -0.39 is 29.8 Å². The smallest absolute Gasteiger partial charge is 0.407 e. The van der Waals surface area contributed by atoms with Gasteiger partial charge in [0.1, 0.15) is 6.61 Å². The molecule has 1 heterocycles. The fourth-order valence-electron chi connectivity index (χ4n) is 5.94. The Labute approximate surface area is 241 Å². The zero-order valence-corrected chi connectivity index (χ0v) is 22.5. The highest BCUT2D eigenvalue weighted by Crippen LogP contribution is 2.48. The number of carbonyl (C=O) groups excluding carboxylic acids is 4. The maximum Gasteiger partial charge on any atom is 0.407 e. The van der Waals surface area contributed by atoms with Gasteiger partial charge >= 0.3 is 12.1 Å². The van der Waals surface area contributed by atoms with Crippen LogP contribution in [0.4, 0.5) is 4.79 Å². The van der Waals surface area contributed by atoms with Crippen molar-refractivity contribution in [2.24, 2.45) is 5.92 Å². The van der Waals surface area contributed by atoms with E-state index in [4.69, 9.17) is 9.57 Å². The lowest BCUT2D eigenvalue weighted by atomic mass is 9.98. The van der Waals surface area contributed by atoms with Crippen molar-refractivity contribution in [3.8, 4) is 11.1 Å². The van der Waals surface area contributed by atoms with Crippen molar-refractivity contribution in [2.45, 2.75) is 24.8 Å². The van der Waals surface area contributed by atoms with Crippen LogP contribution in [-0.2, 0) is 20.9 Å². The number of hydrogen-bond donors (Lipinski definition) is 1. The molecule has 42 heavy (non-hydrogen) atoms. The fraction of sp³-hybridized carbons (Fsp3) is 0.176. The molecule has 0 saturated heterocycles. The van der Waals surface area contributed by atoms with Crippen LogP contribution in [0.3, 0.4) is 0 Å². The van der Waals surface area contributed by atoms with Gasteiger partial charge in [-0.05, 0) is 57.9 Å². The van der Waals surface area contributed by atoms with Crippen molar-refractivity contribution in [2.75, 3.05) is 6.61 Å². The largest absolute Gasteiger partial charge is 0.449 e. The highest BCUT2D eigenvalue weighted by atomic mass is 16.7. The first-order valence-electron chi connectivity index (χ1n) is 13.9. The molecule has 3 aliphatic rings. The summed E-state index contributed by atoms with van der Waals surface area (Å²) >= 11 is 0. The lowest BCUT2D eigenvalue weighted by Gasteiger charge is -2.14. The summed E-state index contributed by atoms with van der Waals surface area (Å²) in [6.07, 6.45) is 0.0819. The number of hydroxylamine groups is 2. The standard InChI is InChI=1S/C34H26N2O6/c37-31-26-11-5-6-12-27(26)32(38)36(31)42-33(39)29-17-28(29)21-15-13-20(14-16-21)18-35-34(40)41-19-30-24-9-3-1-7-22(24)23-8-2-4-10-25(23)30/h1-16,28-30H,17-19H2,(H,35,40)/t28-,29+/m0/s1. The molecule has 2 atom stereocenters. The molecular formula is C34H26N2O6. The molecule has 4 aromatic carbocycles. The normalized spacial score (nSPS) is 18.2. The summed E-state index contributed by atoms with van der Waals surface area (Å²) in [6, 6.07) is 30.4. The van der Waals surface area contributed by atoms with Crippen LogP contribution in [0.15, 0.2) is 97.1 Å². The SMILES string of the molecule is O=C(NCc1ccc([C@@H]2C[C@H]2C(=O)ON2C(=O)c3ccccc3C2=O)cc1)OCC1c2ccccc2-c2ccccc21. The lowest BCUT2D eigenvalue weighted by molar-refractivity contribution is -0.170. The number of hydrogen-bond acceptors (Lipinski definition) is 6. The number of benzene rings is 4. The van der Waals surface area contributed by atoms with E-state index in [0.717, 1.165) is 22.3 Å². The van der Waals surface area contributed by atoms with Crippen molar-refractivity contribution < 1.29 is 28.8 Å². The van der Waals surface area contributed by atoms with E-state index in [1.165, 1.54) is 23.3 Å². The third-order valence-electron chi connectivity index (χ3n) is 8.22. The predicted octanol–water partition coefficient (Wildman–Crippen LogP) is 5.58. The molecule has 7 rings (SSSR count). The molecule has 4 aromatic rings. The predicted molar refractivity (Wildman–Crippen MR) is 152 cm³/mol. The molecule has 1 fully saturated rings. The van der Waals surface area contributed by atoms with Crippen molar-refractivity contribution in [3.63, 3.8) is 0 Å². The van der Waals surface area contributed by atoms with Gasteiger partial charge in [-0.15, -0.1) is 0 Å². The Hall–Kier alpha value is -5.24. The lowest BCUT2D eigenvalue weighted by Crippen LogP contribution is -2.33. The van der Waals surface area contributed by atoms with Crippen LogP contribution in [-0.4, -0.2) is 35.5 Å². The van der Waals surface area contributed by atoms with Crippen LogP contribution in [0.25, 0.3) is 11.1 Å². The Bertz CT molecular complexity index is 1670. The first-order chi connectivity index (χ1) is 20.5. The molecule has 3 amide bonds. The summed E-state index contributed by atoms with van der Waals surface area (Å²) < 4.78 is 5.61. The summed E-state index contributed by atoms with van der Waals surface area (Å²) in [7, 11) is 0. The van der Waals surface area contributed by atoms with Gasteiger partial charge in [0.2, 0.25) is 0 Å². The van der Waals surface area contributed by atoms with Gasteiger partial charge in [0.25, 0.3) is 11.8 Å². The van der Waals surface area contributed by atoms with E-state index in [1.807, 2.05) is 48.5 Å². The Morgan fingerprint density at radius 1 is 0.738 bits per heavy atom. The minimum absolute atomic E-state index is 0.00218. The summed E-state index contributed by atoms with van der Waals surface area (Å²) in [5, 5.41) is 3.37. The monoisotopic (exact) mass is 558 g/mol. The number of nitrogens with zero attached hydrogens (tertiary/aromatic N) is 1. The van der Waals surface area contributed by atoms with Gasteiger partial charge in [-0.1, -0.05) is 90.0 Å². The van der Waals surface area contributed by atoms with Gasteiger partial charge in [0, 0.05) is 12.5 Å². The zero-order chi connectivity index (χ0) is 28.8. The molecule has 8 heteroatoms. The van der Waals surface area contributed by atoms with E-state index >= 15 is 0 Å². The van der Waals surface area contributed by atoms with Crippen LogP contribution in [0.5, 0.6) is 0 Å². The topological polar surface area (TPSA) is 102 Å². The van der Waals surface area contributed by atoms with Gasteiger partial charge in [-0.3, -0.25) is 9.59 Å². The minimum atomic E-state index is -0.630. The second-order valence-corrected chi connectivity index (χ2v) is 10.7. The second kappa shape index (κ2) is 10.3. The first kappa shape index (κ1) is 25.7. The van der Waals surface area contributed by atoms with Gasteiger partial charge < -0.3 is 14.9 Å². The van der Waals surface area contributed by atoms with Crippen LogP contribution in [0.1, 0.15) is 61.2 Å². The number of imide groups is 1. The average Bonchev–Trinajstić information content (AvgIpc) is 3.72. The Morgan fingerprint density at radius 3 is 1.88 bits per heavy atom. The third kappa shape index (κ3) is 4.51. The molecule has 1 saturated carbocycles. The van der Waals surface area contributed by atoms with Crippen LogP contribution < -0.4 is 5.32 Å². The van der Waals surface area contributed by atoms with Crippen molar-refractivity contribution in [1.82, 2.24) is 10.4 Å². The zero-order valence-electron chi connectivity index (χ0n) is 22.5. The highest BCUT2D eigenvalue weighted by Gasteiger charge is 2.48. The molecule has 2 aliphatic carbocycles. The molecule has 0 bridgehead atoms. The molecule has 0 unspecified atom stereocenters. The maximum atomic E-state index is 12.7. The minimum Gasteiger partial charge on any atom is -0.449 e. The quantitative estimate of drug-likeness (QED) is 0.297. The molecule has 0 aromatic heterocycles. The average molecular weight is 559 g/mol. The number of fused-ring (bicyclic) bond motifs is 4. The van der Waals surface area contributed by atoms with E-state index in [0.29, 0.717) is 18.0 Å². The van der Waals surface area contributed by atoms with E-state index in [9.17, 15) is 19.2 Å². The Kier molecular flexibility index (Phi) is 6.31. The van der Waals surface area contributed by atoms with Crippen molar-refractivity contribution in [1.29, 1.82) is 0 Å². The number of ether oxygens (including phenoxy) is 1. The fourth-order valence-corrected chi connectivity index (χ4v) is 5.94. The maximum absolute atomic E-state index is 12.7. The van der Waals surface area contributed by atoms with E-state index in [-0.39, 0.29) is 29.6 Å². The van der Waals surface area contributed by atoms with Crippen molar-refractivity contribution in [3.05, 3.63) is 130 Å². The number of rotatable bonds is 7. The molecule has 1 N–H and O–H groups in total. The number of alkyl carbamates (subject to hydrolysis) is 1. The van der Waals surface area contributed by atoms with Crippen LogP contribution >= 0.6 is 0 Å². The number of amides is 3. The van der Waals surface area contributed by atoms with Gasteiger partial charge in [0.15, 0.2) is 0 Å². The van der Waals surface area contributed by atoms with Crippen molar-refractivity contribution >= 4 is 23.9 Å². The van der Waals surface area contributed by atoms with Gasteiger partial charge in [0.05, 0.1) is 17.0 Å². The Balaban J connectivity index is 0.901. The highest BCUT2D eigenvalue weighted by molar-refractivity contribution is 6.20. The summed E-state index contributed by atoms with van der Waals surface area (Å²) in [5.41, 5.74) is 6.96. The van der Waals surface area contributed by atoms with E-state index in [2.05, 4.69) is 29.6 Å². The third-order valence-corrected chi connectivity index (χ3v) is 8.22. The van der Waals surface area contributed by atoms with Crippen LogP contribution in [0, 0.1) is 5.92 Å². The van der Waals surface area contributed by atoms with E-state index in [1.54, 1.807) is 12.1 Å². The first-order valence-corrected chi connectivity index (χ1v) is 13.9. The molecule has 8 nitrogen and oxygen atoms in total. The summed E-state index contributed by atoms with van der Waals surface area (Å²) in [5.74, 6) is -2.35.